The summed E-state index contributed by atoms with van der Waals surface area (Å²) in [5.74, 6) is 1.55. The summed E-state index contributed by atoms with van der Waals surface area (Å²) >= 11 is 5.96. The van der Waals surface area contributed by atoms with E-state index in [9.17, 15) is 0 Å². The van der Waals surface area contributed by atoms with E-state index in [1.165, 1.54) is 5.56 Å². The number of aryl methyl sites for hydroxylation is 4. The maximum atomic E-state index is 5.96. The Kier molecular flexibility index (Phi) is 3.72. The SMILES string of the molecule is CCn1nc(C)c2nc(CCCl)n(-c3cccc(C)c3)c21. The van der Waals surface area contributed by atoms with Crippen molar-refractivity contribution in [1.29, 1.82) is 0 Å². The molecule has 0 saturated carbocycles. The second kappa shape index (κ2) is 5.53. The number of halogens is 1. The maximum absolute atomic E-state index is 5.96. The van der Waals surface area contributed by atoms with Gasteiger partial charge in [0, 0.05) is 24.5 Å². The van der Waals surface area contributed by atoms with Gasteiger partial charge >= 0.3 is 0 Å². The normalized spacial score (nSPS) is 11.4. The molecule has 0 N–H and O–H groups in total. The quantitative estimate of drug-likeness (QED) is 0.690. The van der Waals surface area contributed by atoms with Crippen LogP contribution in [0.5, 0.6) is 0 Å². The Labute approximate surface area is 129 Å². The first kappa shape index (κ1) is 14.1. The molecule has 1 aromatic carbocycles. The highest BCUT2D eigenvalue weighted by Crippen LogP contribution is 2.25. The Morgan fingerprint density at radius 2 is 2.05 bits per heavy atom. The summed E-state index contributed by atoms with van der Waals surface area (Å²) in [6.07, 6.45) is 0.743. The molecule has 0 aliphatic carbocycles. The van der Waals surface area contributed by atoms with Crippen LogP contribution < -0.4 is 0 Å². The molecular formula is C16H19ClN4. The molecule has 0 spiro atoms. The molecule has 0 saturated heterocycles. The number of alkyl halides is 1. The lowest BCUT2D eigenvalue weighted by Gasteiger charge is -2.10. The van der Waals surface area contributed by atoms with Gasteiger partial charge in [-0.15, -0.1) is 11.6 Å². The minimum atomic E-state index is 0.560. The number of imidazole rings is 1. The molecule has 0 aliphatic rings. The lowest BCUT2D eigenvalue weighted by molar-refractivity contribution is 0.659. The Bertz CT molecular complexity index is 785. The molecule has 0 amide bonds. The highest BCUT2D eigenvalue weighted by molar-refractivity contribution is 6.17. The number of nitrogens with zero attached hydrogens (tertiary/aromatic N) is 4. The molecule has 0 atom stereocenters. The van der Waals surface area contributed by atoms with Crippen LogP contribution in [0.2, 0.25) is 0 Å². The number of aromatic nitrogens is 4. The third-order valence-electron chi connectivity index (χ3n) is 3.66. The third-order valence-corrected chi connectivity index (χ3v) is 3.85. The van der Waals surface area contributed by atoms with Gasteiger partial charge in [0.1, 0.15) is 11.3 Å². The molecule has 2 heterocycles. The number of hydrogen-bond acceptors (Lipinski definition) is 2. The Morgan fingerprint density at radius 3 is 2.71 bits per heavy atom. The van der Waals surface area contributed by atoms with Crippen LogP contribution in [0.25, 0.3) is 16.9 Å². The molecule has 0 fully saturated rings. The third kappa shape index (κ3) is 2.33. The molecule has 0 bridgehead atoms. The summed E-state index contributed by atoms with van der Waals surface area (Å²) in [6.45, 7) is 7.02. The molecule has 4 nitrogen and oxygen atoms in total. The van der Waals surface area contributed by atoms with Crippen molar-refractivity contribution < 1.29 is 0 Å². The average molecular weight is 303 g/mol. The summed E-state index contributed by atoms with van der Waals surface area (Å²) in [5.41, 5.74) is 5.34. The van der Waals surface area contributed by atoms with Gasteiger partial charge in [-0.2, -0.15) is 5.10 Å². The fourth-order valence-electron chi connectivity index (χ4n) is 2.72. The molecule has 2 aromatic heterocycles. The lowest BCUT2D eigenvalue weighted by Crippen LogP contribution is -2.07. The minimum absolute atomic E-state index is 0.560. The van der Waals surface area contributed by atoms with Crippen LogP contribution >= 0.6 is 11.6 Å². The summed E-state index contributed by atoms with van der Waals surface area (Å²) in [6, 6.07) is 8.44. The van der Waals surface area contributed by atoms with E-state index in [-0.39, 0.29) is 0 Å². The number of rotatable bonds is 4. The second-order valence-electron chi connectivity index (χ2n) is 5.21. The van der Waals surface area contributed by atoms with Crippen molar-refractivity contribution in [2.45, 2.75) is 33.7 Å². The zero-order valence-corrected chi connectivity index (χ0v) is 13.4. The van der Waals surface area contributed by atoms with Crippen molar-refractivity contribution in [2.24, 2.45) is 0 Å². The van der Waals surface area contributed by atoms with Crippen LogP contribution in [-0.4, -0.2) is 25.2 Å². The van der Waals surface area contributed by atoms with Gasteiger partial charge in [0.2, 0.25) is 0 Å². The summed E-state index contributed by atoms with van der Waals surface area (Å²) < 4.78 is 4.20. The van der Waals surface area contributed by atoms with Gasteiger partial charge in [-0.05, 0) is 38.5 Å². The second-order valence-corrected chi connectivity index (χ2v) is 5.59. The van der Waals surface area contributed by atoms with Crippen molar-refractivity contribution in [3.05, 3.63) is 41.3 Å². The molecule has 110 valence electrons. The molecule has 0 radical (unpaired) electrons. The molecule has 0 aliphatic heterocycles. The minimum Gasteiger partial charge on any atom is -0.281 e. The van der Waals surface area contributed by atoms with Crippen molar-refractivity contribution in [3.63, 3.8) is 0 Å². The first-order valence-corrected chi connectivity index (χ1v) is 7.77. The van der Waals surface area contributed by atoms with Gasteiger partial charge in [-0.3, -0.25) is 4.57 Å². The smallest absolute Gasteiger partial charge is 0.163 e. The Morgan fingerprint density at radius 1 is 1.24 bits per heavy atom. The van der Waals surface area contributed by atoms with Crippen molar-refractivity contribution in [1.82, 2.24) is 19.3 Å². The van der Waals surface area contributed by atoms with Crippen LogP contribution in [-0.2, 0) is 13.0 Å². The van der Waals surface area contributed by atoms with Gasteiger partial charge in [0.05, 0.1) is 5.69 Å². The first-order valence-electron chi connectivity index (χ1n) is 7.23. The molecule has 3 rings (SSSR count). The zero-order chi connectivity index (χ0) is 15.0. The molecule has 0 unspecified atom stereocenters. The highest BCUT2D eigenvalue weighted by atomic mass is 35.5. The molecule has 5 heteroatoms. The number of benzene rings is 1. The van der Waals surface area contributed by atoms with E-state index in [0.717, 1.165) is 41.3 Å². The highest BCUT2D eigenvalue weighted by Gasteiger charge is 2.19. The van der Waals surface area contributed by atoms with E-state index in [0.29, 0.717) is 5.88 Å². The largest absolute Gasteiger partial charge is 0.281 e. The first-order chi connectivity index (χ1) is 10.2. The predicted octanol–water partition coefficient (Wildman–Crippen LogP) is 3.64. The van der Waals surface area contributed by atoms with E-state index < -0.39 is 0 Å². The van der Waals surface area contributed by atoms with Gasteiger partial charge in [-0.1, -0.05) is 12.1 Å². The number of hydrogen-bond donors (Lipinski definition) is 0. The van der Waals surface area contributed by atoms with Crippen LogP contribution in [0.1, 0.15) is 24.0 Å². The van der Waals surface area contributed by atoms with E-state index >= 15 is 0 Å². The summed E-state index contributed by atoms with van der Waals surface area (Å²) in [7, 11) is 0. The van der Waals surface area contributed by atoms with Crippen molar-refractivity contribution in [2.75, 3.05) is 5.88 Å². The lowest BCUT2D eigenvalue weighted by atomic mass is 10.2. The zero-order valence-electron chi connectivity index (χ0n) is 12.6. The summed E-state index contributed by atoms with van der Waals surface area (Å²) in [4.78, 5) is 4.77. The fraction of sp³-hybridized carbons (Fsp3) is 0.375. The van der Waals surface area contributed by atoms with Crippen LogP contribution in [0.3, 0.4) is 0 Å². The Balaban J connectivity index is 2.34. The van der Waals surface area contributed by atoms with Gasteiger partial charge in [0.15, 0.2) is 5.65 Å². The molecule has 3 aromatic rings. The van der Waals surface area contributed by atoms with E-state index in [2.05, 4.69) is 47.8 Å². The van der Waals surface area contributed by atoms with Gasteiger partial charge < -0.3 is 0 Å². The Hall–Kier alpha value is -1.81. The van der Waals surface area contributed by atoms with Crippen molar-refractivity contribution >= 4 is 22.8 Å². The predicted molar refractivity (Wildman–Crippen MR) is 86.4 cm³/mol. The number of fused-ring (bicyclic) bond motifs is 1. The van der Waals surface area contributed by atoms with Crippen LogP contribution in [0.4, 0.5) is 0 Å². The molecule has 21 heavy (non-hydrogen) atoms. The van der Waals surface area contributed by atoms with E-state index in [1.54, 1.807) is 0 Å². The van der Waals surface area contributed by atoms with Crippen molar-refractivity contribution in [3.8, 4) is 5.69 Å². The summed E-state index contributed by atoms with van der Waals surface area (Å²) in [5, 5.41) is 4.58. The van der Waals surface area contributed by atoms with E-state index in [1.807, 2.05) is 11.6 Å². The topological polar surface area (TPSA) is 35.6 Å². The molecular weight excluding hydrogens is 284 g/mol. The maximum Gasteiger partial charge on any atom is 0.163 e. The van der Waals surface area contributed by atoms with Gasteiger partial charge in [0.25, 0.3) is 0 Å². The standard InChI is InChI=1S/C16H19ClN4/c1-4-20-16-15(12(3)19-20)18-14(8-9-17)21(16)13-7-5-6-11(2)10-13/h5-7,10H,4,8-9H2,1-3H3. The monoisotopic (exact) mass is 302 g/mol. The average Bonchev–Trinajstić information content (AvgIpc) is 2.97. The fourth-order valence-corrected chi connectivity index (χ4v) is 2.89. The van der Waals surface area contributed by atoms with E-state index in [4.69, 9.17) is 16.6 Å². The van der Waals surface area contributed by atoms with Gasteiger partial charge in [-0.25, -0.2) is 9.67 Å². The van der Waals surface area contributed by atoms with Crippen LogP contribution in [0.15, 0.2) is 24.3 Å². The van der Waals surface area contributed by atoms with Crippen LogP contribution in [0, 0.1) is 13.8 Å².